The van der Waals surface area contributed by atoms with Crippen LogP contribution < -0.4 is 10.1 Å². The Hall–Kier alpha value is -2.00. The predicted octanol–water partition coefficient (Wildman–Crippen LogP) is 3.03. The SMILES string of the molecule is O=C(COc1ccccc1)N[C@H](CCl)Cc1ccccc1. The highest BCUT2D eigenvalue weighted by Gasteiger charge is 2.12. The predicted molar refractivity (Wildman–Crippen MR) is 84.7 cm³/mol. The first kappa shape index (κ1) is 15.4. The summed E-state index contributed by atoms with van der Waals surface area (Å²) < 4.78 is 5.41. The molecule has 1 N–H and O–H groups in total. The molecule has 2 aromatic rings. The van der Waals surface area contributed by atoms with E-state index in [1.807, 2.05) is 60.7 Å². The molecule has 0 fully saturated rings. The Bertz CT molecular complexity index is 545. The largest absolute Gasteiger partial charge is 0.484 e. The number of amides is 1. The molecular weight excluding hydrogens is 286 g/mol. The van der Waals surface area contributed by atoms with Gasteiger partial charge in [0.15, 0.2) is 6.61 Å². The van der Waals surface area contributed by atoms with Gasteiger partial charge in [0.05, 0.1) is 0 Å². The number of para-hydroxylation sites is 1. The molecule has 0 heterocycles. The molecule has 0 aliphatic heterocycles. The van der Waals surface area contributed by atoms with E-state index in [1.165, 1.54) is 0 Å². The average molecular weight is 304 g/mol. The first-order valence-corrected chi connectivity index (χ1v) is 7.38. The molecule has 2 rings (SSSR count). The van der Waals surface area contributed by atoms with Gasteiger partial charge in [-0.2, -0.15) is 0 Å². The van der Waals surface area contributed by atoms with E-state index in [4.69, 9.17) is 16.3 Å². The summed E-state index contributed by atoms with van der Waals surface area (Å²) in [5, 5.41) is 2.89. The number of hydrogen-bond donors (Lipinski definition) is 1. The molecule has 3 nitrogen and oxygen atoms in total. The van der Waals surface area contributed by atoms with Crippen LogP contribution >= 0.6 is 11.6 Å². The molecule has 0 bridgehead atoms. The second kappa shape index (κ2) is 8.32. The van der Waals surface area contributed by atoms with Crippen LogP contribution in [0.2, 0.25) is 0 Å². The van der Waals surface area contributed by atoms with Gasteiger partial charge in [0.25, 0.3) is 5.91 Å². The van der Waals surface area contributed by atoms with Gasteiger partial charge in [-0.05, 0) is 24.1 Å². The van der Waals surface area contributed by atoms with Gasteiger partial charge in [-0.3, -0.25) is 4.79 Å². The first-order chi connectivity index (χ1) is 10.3. The van der Waals surface area contributed by atoms with Crippen molar-refractivity contribution < 1.29 is 9.53 Å². The topological polar surface area (TPSA) is 38.3 Å². The van der Waals surface area contributed by atoms with Crippen LogP contribution in [-0.4, -0.2) is 24.4 Å². The van der Waals surface area contributed by atoms with E-state index in [1.54, 1.807) is 0 Å². The van der Waals surface area contributed by atoms with Crippen LogP contribution in [0.15, 0.2) is 60.7 Å². The van der Waals surface area contributed by atoms with Gasteiger partial charge < -0.3 is 10.1 Å². The van der Waals surface area contributed by atoms with Crippen molar-refractivity contribution in [3.63, 3.8) is 0 Å². The van der Waals surface area contributed by atoms with Crippen molar-refractivity contribution in [3.05, 3.63) is 66.2 Å². The van der Waals surface area contributed by atoms with Gasteiger partial charge in [0.2, 0.25) is 0 Å². The molecule has 1 amide bonds. The Labute approximate surface area is 129 Å². The number of carbonyl (C=O) groups excluding carboxylic acids is 1. The van der Waals surface area contributed by atoms with Gasteiger partial charge in [-0.25, -0.2) is 0 Å². The third-order valence-corrected chi connectivity index (χ3v) is 3.36. The molecule has 0 aliphatic rings. The van der Waals surface area contributed by atoms with Crippen molar-refractivity contribution in [3.8, 4) is 5.75 Å². The Kier molecular flexibility index (Phi) is 6.10. The minimum atomic E-state index is -0.166. The van der Waals surface area contributed by atoms with Gasteiger partial charge in [0, 0.05) is 11.9 Å². The zero-order valence-corrected chi connectivity index (χ0v) is 12.4. The zero-order valence-electron chi connectivity index (χ0n) is 11.7. The minimum absolute atomic E-state index is 0.00775. The van der Waals surface area contributed by atoms with Crippen LogP contribution in [0.1, 0.15) is 5.56 Å². The van der Waals surface area contributed by atoms with Crippen molar-refractivity contribution >= 4 is 17.5 Å². The van der Waals surface area contributed by atoms with Crippen LogP contribution in [0.5, 0.6) is 5.75 Å². The van der Waals surface area contributed by atoms with Gasteiger partial charge in [0.1, 0.15) is 5.75 Å². The Morgan fingerprint density at radius 2 is 1.67 bits per heavy atom. The van der Waals surface area contributed by atoms with Crippen molar-refractivity contribution in [2.24, 2.45) is 0 Å². The normalized spacial score (nSPS) is 11.7. The molecule has 0 aliphatic carbocycles. The Morgan fingerprint density at radius 3 is 2.29 bits per heavy atom. The molecular formula is C17H18ClNO2. The molecule has 0 unspecified atom stereocenters. The molecule has 0 saturated carbocycles. The van der Waals surface area contributed by atoms with E-state index < -0.39 is 0 Å². The van der Waals surface area contributed by atoms with Crippen LogP contribution in [-0.2, 0) is 11.2 Å². The quantitative estimate of drug-likeness (QED) is 0.799. The summed E-state index contributed by atoms with van der Waals surface area (Å²) in [7, 11) is 0. The lowest BCUT2D eigenvalue weighted by Gasteiger charge is -2.16. The summed E-state index contributed by atoms with van der Waals surface area (Å²) in [5.41, 5.74) is 1.15. The summed E-state index contributed by atoms with van der Waals surface area (Å²) in [6, 6.07) is 19.1. The third-order valence-electron chi connectivity index (χ3n) is 2.99. The fourth-order valence-corrected chi connectivity index (χ4v) is 2.16. The van der Waals surface area contributed by atoms with E-state index in [-0.39, 0.29) is 18.6 Å². The fourth-order valence-electron chi connectivity index (χ4n) is 1.98. The minimum Gasteiger partial charge on any atom is -0.484 e. The highest BCUT2D eigenvalue weighted by molar-refractivity contribution is 6.18. The second-order valence-electron chi connectivity index (χ2n) is 4.71. The van der Waals surface area contributed by atoms with Crippen LogP contribution in [0.4, 0.5) is 0 Å². The fraction of sp³-hybridized carbons (Fsp3) is 0.235. The maximum absolute atomic E-state index is 11.9. The summed E-state index contributed by atoms with van der Waals surface area (Å²) in [4.78, 5) is 11.9. The van der Waals surface area contributed by atoms with Gasteiger partial charge in [-0.15, -0.1) is 11.6 Å². The average Bonchev–Trinajstić information content (AvgIpc) is 2.54. The molecule has 0 saturated heterocycles. The summed E-state index contributed by atoms with van der Waals surface area (Å²) in [6.45, 7) is -0.00775. The number of carbonyl (C=O) groups is 1. The molecule has 2 aromatic carbocycles. The van der Waals surface area contributed by atoms with Crippen molar-refractivity contribution in [1.29, 1.82) is 0 Å². The molecule has 4 heteroatoms. The molecule has 0 aromatic heterocycles. The lowest BCUT2D eigenvalue weighted by atomic mass is 10.1. The number of hydrogen-bond acceptors (Lipinski definition) is 2. The van der Waals surface area contributed by atoms with Gasteiger partial charge >= 0.3 is 0 Å². The number of nitrogens with one attached hydrogen (secondary N) is 1. The van der Waals surface area contributed by atoms with Crippen LogP contribution in [0.3, 0.4) is 0 Å². The third kappa shape index (κ3) is 5.48. The highest BCUT2D eigenvalue weighted by Crippen LogP contribution is 2.08. The lowest BCUT2D eigenvalue weighted by molar-refractivity contribution is -0.123. The van der Waals surface area contributed by atoms with E-state index in [9.17, 15) is 4.79 Å². The van der Waals surface area contributed by atoms with Crippen molar-refractivity contribution in [2.45, 2.75) is 12.5 Å². The molecule has 110 valence electrons. The first-order valence-electron chi connectivity index (χ1n) is 6.85. The van der Waals surface area contributed by atoms with Gasteiger partial charge in [-0.1, -0.05) is 48.5 Å². The summed E-state index contributed by atoms with van der Waals surface area (Å²) in [6.07, 6.45) is 0.710. The molecule has 0 radical (unpaired) electrons. The van der Waals surface area contributed by atoms with Crippen molar-refractivity contribution in [1.82, 2.24) is 5.32 Å². The number of benzene rings is 2. The number of ether oxygens (including phenoxy) is 1. The lowest BCUT2D eigenvalue weighted by Crippen LogP contribution is -2.40. The smallest absolute Gasteiger partial charge is 0.258 e. The standard InChI is InChI=1S/C17H18ClNO2/c18-12-15(11-14-7-3-1-4-8-14)19-17(20)13-21-16-9-5-2-6-10-16/h1-10,15H,11-13H2,(H,19,20)/t15-/m0/s1. The number of alkyl halides is 1. The van der Waals surface area contributed by atoms with E-state index in [0.717, 1.165) is 5.56 Å². The van der Waals surface area contributed by atoms with E-state index in [2.05, 4.69) is 5.32 Å². The maximum Gasteiger partial charge on any atom is 0.258 e. The zero-order chi connectivity index (χ0) is 14.9. The number of rotatable bonds is 7. The summed E-state index contributed by atoms with van der Waals surface area (Å²) in [5.74, 6) is 0.880. The molecule has 0 spiro atoms. The van der Waals surface area contributed by atoms with Crippen LogP contribution in [0, 0.1) is 0 Å². The highest BCUT2D eigenvalue weighted by atomic mass is 35.5. The summed E-state index contributed by atoms with van der Waals surface area (Å²) >= 11 is 5.92. The Balaban J connectivity index is 1.80. The van der Waals surface area contributed by atoms with E-state index in [0.29, 0.717) is 18.1 Å². The maximum atomic E-state index is 11.9. The Morgan fingerprint density at radius 1 is 1.05 bits per heavy atom. The van der Waals surface area contributed by atoms with E-state index >= 15 is 0 Å². The second-order valence-corrected chi connectivity index (χ2v) is 5.02. The van der Waals surface area contributed by atoms with Crippen LogP contribution in [0.25, 0.3) is 0 Å². The number of halogens is 1. The molecule has 21 heavy (non-hydrogen) atoms. The van der Waals surface area contributed by atoms with Crippen molar-refractivity contribution in [2.75, 3.05) is 12.5 Å². The molecule has 1 atom stereocenters. The monoisotopic (exact) mass is 303 g/mol.